The van der Waals surface area contributed by atoms with Crippen LogP contribution in [-0.2, 0) is 4.74 Å². The van der Waals surface area contributed by atoms with Crippen LogP contribution in [0.15, 0.2) is 53.0 Å². The lowest BCUT2D eigenvalue weighted by Gasteiger charge is -2.08. The average molecular weight is 377 g/mol. The van der Waals surface area contributed by atoms with E-state index in [9.17, 15) is 9.59 Å². The fraction of sp³-hybridized carbons (Fsp3) is 0.222. The van der Waals surface area contributed by atoms with Gasteiger partial charge in [0.2, 0.25) is 0 Å². The van der Waals surface area contributed by atoms with Gasteiger partial charge in [-0.1, -0.05) is 34.1 Å². The van der Waals surface area contributed by atoms with E-state index in [1.807, 2.05) is 12.1 Å². The monoisotopic (exact) mass is 376 g/mol. The van der Waals surface area contributed by atoms with E-state index in [1.165, 1.54) is 0 Å². The minimum Gasteiger partial charge on any atom is -0.493 e. The highest BCUT2D eigenvalue weighted by atomic mass is 79.9. The van der Waals surface area contributed by atoms with E-state index >= 15 is 0 Å². The Morgan fingerprint density at radius 2 is 1.78 bits per heavy atom. The lowest BCUT2D eigenvalue weighted by molar-refractivity contribution is 0.0525. The number of hydrogen-bond donors (Lipinski definition) is 0. The zero-order valence-electron chi connectivity index (χ0n) is 12.8. The van der Waals surface area contributed by atoms with Crippen molar-refractivity contribution in [2.24, 2.45) is 0 Å². The van der Waals surface area contributed by atoms with Gasteiger partial charge in [-0.05, 0) is 37.3 Å². The first-order valence-corrected chi connectivity index (χ1v) is 8.08. The molecule has 0 aromatic heterocycles. The Morgan fingerprint density at radius 1 is 1.04 bits per heavy atom. The zero-order chi connectivity index (χ0) is 16.7. The van der Waals surface area contributed by atoms with Crippen molar-refractivity contribution in [2.45, 2.75) is 13.3 Å². The van der Waals surface area contributed by atoms with E-state index in [2.05, 4.69) is 15.9 Å². The first kappa shape index (κ1) is 17.2. The van der Waals surface area contributed by atoms with Crippen LogP contribution < -0.4 is 4.74 Å². The number of esters is 1. The third-order valence-corrected chi connectivity index (χ3v) is 3.64. The normalized spacial score (nSPS) is 10.2. The standard InChI is InChI=1S/C18H17BrO4/c1-2-22-18(21)14-4-3-5-16(12-14)23-11-10-17(20)13-6-8-15(19)9-7-13/h3-9,12H,2,10-11H2,1H3. The summed E-state index contributed by atoms with van der Waals surface area (Å²) in [5, 5.41) is 0. The fourth-order valence-electron chi connectivity index (χ4n) is 1.97. The number of carbonyl (C=O) groups excluding carboxylic acids is 2. The molecular formula is C18H17BrO4. The molecule has 0 saturated heterocycles. The highest BCUT2D eigenvalue weighted by Crippen LogP contribution is 2.16. The van der Waals surface area contributed by atoms with Gasteiger partial charge in [-0.25, -0.2) is 4.79 Å². The van der Waals surface area contributed by atoms with Crippen LogP contribution in [0.1, 0.15) is 34.1 Å². The number of ether oxygens (including phenoxy) is 2. The van der Waals surface area contributed by atoms with Gasteiger partial charge < -0.3 is 9.47 Å². The zero-order valence-corrected chi connectivity index (χ0v) is 14.3. The molecule has 2 aromatic rings. The number of Topliss-reactive ketones (excluding diaryl/α,β-unsaturated/α-hetero) is 1. The molecular weight excluding hydrogens is 360 g/mol. The number of ketones is 1. The molecule has 0 amide bonds. The SMILES string of the molecule is CCOC(=O)c1cccc(OCCC(=O)c2ccc(Br)cc2)c1. The van der Waals surface area contributed by atoms with Crippen LogP contribution in [0.4, 0.5) is 0 Å². The van der Waals surface area contributed by atoms with Crippen LogP contribution >= 0.6 is 15.9 Å². The predicted molar refractivity (Wildman–Crippen MR) is 91.0 cm³/mol. The number of carbonyl (C=O) groups is 2. The van der Waals surface area contributed by atoms with Gasteiger partial charge in [0.15, 0.2) is 5.78 Å². The molecule has 0 radical (unpaired) electrons. The molecule has 5 heteroatoms. The van der Waals surface area contributed by atoms with Crippen molar-refractivity contribution in [1.29, 1.82) is 0 Å². The summed E-state index contributed by atoms with van der Waals surface area (Å²) in [7, 11) is 0. The second kappa shape index (κ2) is 8.48. The Balaban J connectivity index is 1.88. The van der Waals surface area contributed by atoms with Crippen molar-refractivity contribution in [3.05, 3.63) is 64.1 Å². The van der Waals surface area contributed by atoms with E-state index in [0.717, 1.165) is 4.47 Å². The van der Waals surface area contributed by atoms with Gasteiger partial charge in [0.1, 0.15) is 5.75 Å². The Morgan fingerprint density at radius 3 is 2.48 bits per heavy atom. The summed E-state index contributed by atoms with van der Waals surface area (Å²) in [6.45, 7) is 2.33. The highest BCUT2D eigenvalue weighted by Gasteiger charge is 2.09. The lowest BCUT2D eigenvalue weighted by Crippen LogP contribution is -2.08. The first-order valence-electron chi connectivity index (χ1n) is 7.29. The summed E-state index contributed by atoms with van der Waals surface area (Å²) in [6.07, 6.45) is 0.269. The second-order valence-corrected chi connectivity index (χ2v) is 5.69. The molecule has 4 nitrogen and oxygen atoms in total. The molecule has 0 heterocycles. The maximum atomic E-state index is 12.0. The maximum absolute atomic E-state index is 12.0. The molecule has 0 aliphatic rings. The van der Waals surface area contributed by atoms with Crippen molar-refractivity contribution >= 4 is 27.7 Å². The molecule has 0 unspecified atom stereocenters. The Hall–Kier alpha value is -2.14. The molecule has 0 atom stereocenters. The van der Waals surface area contributed by atoms with Crippen molar-refractivity contribution < 1.29 is 19.1 Å². The smallest absolute Gasteiger partial charge is 0.338 e. The Kier molecular flexibility index (Phi) is 6.35. The fourth-order valence-corrected chi connectivity index (χ4v) is 2.23. The van der Waals surface area contributed by atoms with Crippen LogP contribution in [0.2, 0.25) is 0 Å². The molecule has 0 fully saturated rings. The van der Waals surface area contributed by atoms with E-state index in [0.29, 0.717) is 23.5 Å². The Bertz CT molecular complexity index is 680. The molecule has 2 aromatic carbocycles. The van der Waals surface area contributed by atoms with Crippen LogP contribution in [-0.4, -0.2) is 25.0 Å². The molecule has 23 heavy (non-hydrogen) atoms. The molecule has 0 spiro atoms. The van der Waals surface area contributed by atoms with Crippen molar-refractivity contribution in [2.75, 3.05) is 13.2 Å². The largest absolute Gasteiger partial charge is 0.493 e. The maximum Gasteiger partial charge on any atom is 0.338 e. The Labute approximate surface area is 143 Å². The molecule has 0 saturated carbocycles. The highest BCUT2D eigenvalue weighted by molar-refractivity contribution is 9.10. The van der Waals surface area contributed by atoms with Crippen LogP contribution in [0.5, 0.6) is 5.75 Å². The van der Waals surface area contributed by atoms with Crippen molar-refractivity contribution in [3.8, 4) is 5.75 Å². The van der Waals surface area contributed by atoms with Gasteiger partial charge in [0.25, 0.3) is 0 Å². The van der Waals surface area contributed by atoms with E-state index in [1.54, 1.807) is 43.3 Å². The summed E-state index contributed by atoms with van der Waals surface area (Å²) in [5.74, 6) is 0.169. The molecule has 2 rings (SSSR count). The van der Waals surface area contributed by atoms with Gasteiger partial charge >= 0.3 is 5.97 Å². The minimum atomic E-state index is -0.385. The quantitative estimate of drug-likeness (QED) is 0.534. The van der Waals surface area contributed by atoms with Gasteiger partial charge in [-0.2, -0.15) is 0 Å². The van der Waals surface area contributed by atoms with Crippen molar-refractivity contribution in [3.63, 3.8) is 0 Å². The number of hydrogen-bond acceptors (Lipinski definition) is 4. The van der Waals surface area contributed by atoms with E-state index in [4.69, 9.17) is 9.47 Å². The minimum absolute atomic E-state index is 0.0130. The third-order valence-electron chi connectivity index (χ3n) is 3.11. The topological polar surface area (TPSA) is 52.6 Å². The lowest BCUT2D eigenvalue weighted by atomic mass is 10.1. The third kappa shape index (κ3) is 5.21. The molecule has 0 N–H and O–H groups in total. The van der Waals surface area contributed by atoms with Crippen LogP contribution in [0.3, 0.4) is 0 Å². The van der Waals surface area contributed by atoms with Crippen molar-refractivity contribution in [1.82, 2.24) is 0 Å². The second-order valence-electron chi connectivity index (χ2n) is 4.78. The molecule has 0 aliphatic heterocycles. The molecule has 120 valence electrons. The number of rotatable bonds is 7. The van der Waals surface area contributed by atoms with Gasteiger partial charge in [0, 0.05) is 16.5 Å². The number of halogens is 1. The van der Waals surface area contributed by atoms with E-state index in [-0.39, 0.29) is 24.8 Å². The molecule has 0 aliphatic carbocycles. The predicted octanol–water partition coefficient (Wildman–Crippen LogP) is 4.28. The van der Waals surface area contributed by atoms with Crippen LogP contribution in [0.25, 0.3) is 0 Å². The van der Waals surface area contributed by atoms with Gasteiger partial charge in [0.05, 0.1) is 18.8 Å². The summed E-state index contributed by atoms with van der Waals surface area (Å²) in [6, 6.07) is 13.9. The first-order chi connectivity index (χ1) is 11.1. The molecule has 0 bridgehead atoms. The summed E-state index contributed by atoms with van der Waals surface area (Å²) >= 11 is 3.33. The summed E-state index contributed by atoms with van der Waals surface area (Å²) in [4.78, 5) is 23.7. The van der Waals surface area contributed by atoms with Gasteiger partial charge in [-0.15, -0.1) is 0 Å². The summed E-state index contributed by atoms with van der Waals surface area (Å²) < 4.78 is 11.4. The summed E-state index contributed by atoms with van der Waals surface area (Å²) in [5.41, 5.74) is 1.08. The van der Waals surface area contributed by atoms with E-state index < -0.39 is 0 Å². The number of benzene rings is 2. The van der Waals surface area contributed by atoms with Gasteiger partial charge in [-0.3, -0.25) is 4.79 Å². The average Bonchev–Trinajstić information content (AvgIpc) is 2.56. The van der Waals surface area contributed by atoms with Crippen LogP contribution in [0, 0.1) is 0 Å².